The van der Waals surface area contributed by atoms with Gasteiger partial charge in [-0.25, -0.2) is 4.98 Å². The highest BCUT2D eigenvalue weighted by atomic mass is 16.5. The maximum atomic E-state index is 13.3. The third-order valence-electron chi connectivity index (χ3n) is 6.43. The van der Waals surface area contributed by atoms with Gasteiger partial charge in [-0.3, -0.25) is 14.4 Å². The van der Waals surface area contributed by atoms with Gasteiger partial charge in [-0.2, -0.15) is 0 Å². The van der Waals surface area contributed by atoms with Crippen LogP contribution in [0.1, 0.15) is 61.6 Å². The predicted molar refractivity (Wildman–Crippen MR) is 128 cm³/mol. The lowest BCUT2D eigenvalue weighted by Gasteiger charge is -2.25. The topological polar surface area (TPSA) is 60.3 Å². The van der Waals surface area contributed by atoms with Crippen molar-refractivity contribution in [2.24, 2.45) is 7.05 Å². The zero-order valence-electron chi connectivity index (χ0n) is 19.2. The number of rotatable bonds is 5. The minimum absolute atomic E-state index is 0.178. The fourth-order valence-electron chi connectivity index (χ4n) is 4.23. The van der Waals surface area contributed by atoms with E-state index >= 15 is 0 Å². The minimum atomic E-state index is -0.329. The Balaban J connectivity index is 1.67. The molecular weight excluding hydrogens is 412 g/mol. The first-order chi connectivity index (χ1) is 16.0. The summed E-state index contributed by atoms with van der Waals surface area (Å²) in [5.74, 6) is 9.27. The number of terminal acetylenes is 1. The summed E-state index contributed by atoms with van der Waals surface area (Å²) in [4.78, 5) is 19.8. The Morgan fingerprint density at radius 1 is 1.24 bits per heavy atom. The summed E-state index contributed by atoms with van der Waals surface area (Å²) in [5, 5.41) is 4.54. The van der Waals surface area contributed by atoms with Crippen molar-refractivity contribution in [3.8, 4) is 30.1 Å². The monoisotopic (exact) mass is 438 g/mol. The Bertz CT molecular complexity index is 1360. The molecule has 0 saturated heterocycles. The van der Waals surface area contributed by atoms with Gasteiger partial charge >= 0.3 is 5.91 Å². The van der Waals surface area contributed by atoms with Gasteiger partial charge < -0.3 is 4.74 Å². The standard InChI is InChI=1S/C27H26N4O2/c1-5-8-25(32)31(23-15-17(3)18(6-2)16-21(23)19-11-12-19)24-14-13-22-26(28-24)27(29-30(22)4)33-20-9-7-10-20/h2,13-16,19-20H,7,9-12H2,1,3-4H3. The molecule has 2 aliphatic carbocycles. The van der Waals surface area contributed by atoms with Crippen LogP contribution in [0.3, 0.4) is 0 Å². The zero-order chi connectivity index (χ0) is 23.1. The van der Waals surface area contributed by atoms with Crippen molar-refractivity contribution in [1.29, 1.82) is 0 Å². The normalized spacial score (nSPS) is 15.3. The first-order valence-electron chi connectivity index (χ1n) is 11.4. The minimum Gasteiger partial charge on any atom is -0.472 e. The van der Waals surface area contributed by atoms with Crippen molar-refractivity contribution >= 4 is 28.4 Å². The summed E-state index contributed by atoms with van der Waals surface area (Å²) in [6.45, 7) is 3.62. The van der Waals surface area contributed by atoms with Gasteiger partial charge in [0.2, 0.25) is 0 Å². The third-order valence-corrected chi connectivity index (χ3v) is 6.43. The maximum Gasteiger partial charge on any atom is 0.308 e. The summed E-state index contributed by atoms with van der Waals surface area (Å²) in [6.07, 6.45) is 11.3. The molecule has 0 N–H and O–H groups in total. The van der Waals surface area contributed by atoms with Gasteiger partial charge in [0.1, 0.15) is 11.9 Å². The van der Waals surface area contributed by atoms with Crippen LogP contribution >= 0.6 is 0 Å². The van der Waals surface area contributed by atoms with Crippen molar-refractivity contribution < 1.29 is 9.53 Å². The molecule has 2 saturated carbocycles. The van der Waals surface area contributed by atoms with Gasteiger partial charge in [-0.1, -0.05) is 11.8 Å². The second-order valence-electron chi connectivity index (χ2n) is 8.80. The number of benzene rings is 1. The highest BCUT2D eigenvalue weighted by molar-refractivity contribution is 6.11. The van der Waals surface area contributed by atoms with Crippen LogP contribution < -0.4 is 9.64 Å². The predicted octanol–water partition coefficient (Wildman–Crippen LogP) is 4.75. The molecule has 0 bridgehead atoms. The number of fused-ring (bicyclic) bond motifs is 1. The molecule has 1 aromatic carbocycles. The molecule has 2 fully saturated rings. The molecule has 2 heterocycles. The molecule has 0 radical (unpaired) electrons. The third kappa shape index (κ3) is 3.83. The summed E-state index contributed by atoms with van der Waals surface area (Å²) >= 11 is 0. The summed E-state index contributed by atoms with van der Waals surface area (Å²) in [5.41, 5.74) is 5.15. The number of anilines is 2. The average molecular weight is 439 g/mol. The van der Waals surface area contributed by atoms with Crippen molar-refractivity contribution in [3.05, 3.63) is 41.0 Å². The second-order valence-corrected chi connectivity index (χ2v) is 8.80. The van der Waals surface area contributed by atoms with Gasteiger partial charge in [-0.15, -0.1) is 11.5 Å². The second kappa shape index (κ2) is 8.30. The van der Waals surface area contributed by atoms with Crippen LogP contribution in [0.2, 0.25) is 0 Å². The van der Waals surface area contributed by atoms with Crippen molar-refractivity contribution in [1.82, 2.24) is 14.8 Å². The number of aromatic nitrogens is 3. The highest BCUT2D eigenvalue weighted by Gasteiger charge is 2.32. The Morgan fingerprint density at radius 2 is 2.03 bits per heavy atom. The molecule has 5 rings (SSSR count). The molecule has 33 heavy (non-hydrogen) atoms. The van der Waals surface area contributed by atoms with E-state index in [4.69, 9.17) is 16.1 Å². The van der Waals surface area contributed by atoms with E-state index in [0.717, 1.165) is 53.6 Å². The number of ether oxygens (including phenoxy) is 1. The van der Waals surface area contributed by atoms with Gasteiger partial charge in [0.25, 0.3) is 5.88 Å². The van der Waals surface area contributed by atoms with Crippen LogP contribution in [0.15, 0.2) is 24.3 Å². The number of hydrogen-bond acceptors (Lipinski definition) is 4. The lowest BCUT2D eigenvalue weighted by Crippen LogP contribution is -2.27. The van der Waals surface area contributed by atoms with Gasteiger partial charge in [0.05, 0.1) is 11.2 Å². The van der Waals surface area contributed by atoms with E-state index in [-0.39, 0.29) is 12.0 Å². The zero-order valence-corrected chi connectivity index (χ0v) is 19.2. The molecular formula is C27H26N4O2. The largest absolute Gasteiger partial charge is 0.472 e. The maximum absolute atomic E-state index is 13.3. The van der Waals surface area contributed by atoms with Crippen LogP contribution in [-0.2, 0) is 11.8 Å². The molecule has 6 heteroatoms. The van der Waals surface area contributed by atoms with Crippen LogP contribution in [-0.4, -0.2) is 26.8 Å². The van der Waals surface area contributed by atoms with Crippen LogP contribution in [0.25, 0.3) is 11.0 Å². The quantitative estimate of drug-likeness (QED) is 0.539. The smallest absolute Gasteiger partial charge is 0.308 e. The molecule has 6 nitrogen and oxygen atoms in total. The summed E-state index contributed by atoms with van der Waals surface area (Å²) in [6, 6.07) is 7.79. The molecule has 0 aliphatic heterocycles. The van der Waals surface area contributed by atoms with Gasteiger partial charge in [-0.05, 0) is 93.2 Å². The Morgan fingerprint density at radius 3 is 2.67 bits per heavy atom. The molecule has 3 aromatic rings. The number of amides is 1. The summed E-state index contributed by atoms with van der Waals surface area (Å²) < 4.78 is 7.87. The number of carbonyl (C=O) groups is 1. The van der Waals surface area contributed by atoms with E-state index in [2.05, 4.69) is 22.9 Å². The van der Waals surface area contributed by atoms with Crippen LogP contribution in [0.4, 0.5) is 11.5 Å². The van der Waals surface area contributed by atoms with Crippen molar-refractivity contribution in [2.45, 2.75) is 58.0 Å². The highest BCUT2D eigenvalue weighted by Crippen LogP contribution is 2.46. The van der Waals surface area contributed by atoms with E-state index in [9.17, 15) is 4.79 Å². The number of nitrogens with zero attached hydrogens (tertiary/aromatic N) is 4. The lowest BCUT2D eigenvalue weighted by atomic mass is 9.96. The molecule has 0 spiro atoms. The molecule has 2 aromatic heterocycles. The van der Waals surface area contributed by atoms with Crippen LogP contribution in [0.5, 0.6) is 5.88 Å². The Labute approximate surface area is 193 Å². The Kier molecular flexibility index (Phi) is 5.30. The van der Waals surface area contributed by atoms with E-state index in [0.29, 0.717) is 23.1 Å². The van der Waals surface area contributed by atoms with E-state index in [1.165, 1.54) is 6.42 Å². The van der Waals surface area contributed by atoms with Gasteiger partial charge in [0.15, 0.2) is 5.52 Å². The summed E-state index contributed by atoms with van der Waals surface area (Å²) in [7, 11) is 1.87. The lowest BCUT2D eigenvalue weighted by molar-refractivity contribution is -0.112. The average Bonchev–Trinajstić information content (AvgIpc) is 3.56. The van der Waals surface area contributed by atoms with E-state index in [1.807, 2.05) is 38.2 Å². The molecule has 1 amide bonds. The SMILES string of the molecule is C#Cc1cc(C2CC2)c(N(C(=O)C#CC)c2ccc3c(n2)c(OC2CCC2)nn3C)cc1C. The van der Waals surface area contributed by atoms with Crippen LogP contribution in [0, 0.1) is 31.1 Å². The number of hydrogen-bond donors (Lipinski definition) is 0. The fraction of sp³-hybridized carbons (Fsp3) is 0.370. The number of aryl methyl sites for hydroxylation is 2. The molecule has 166 valence electrons. The van der Waals surface area contributed by atoms with Crippen molar-refractivity contribution in [2.75, 3.05) is 4.90 Å². The molecule has 0 unspecified atom stereocenters. The number of carbonyl (C=O) groups excluding carboxylic acids is 1. The number of pyridine rings is 1. The first-order valence-corrected chi connectivity index (χ1v) is 11.4. The Hall–Kier alpha value is -3.77. The van der Waals surface area contributed by atoms with E-state index in [1.54, 1.807) is 16.5 Å². The van der Waals surface area contributed by atoms with E-state index < -0.39 is 0 Å². The van der Waals surface area contributed by atoms with Gasteiger partial charge in [0, 0.05) is 12.6 Å². The fourth-order valence-corrected chi connectivity index (χ4v) is 4.23. The molecule has 2 aliphatic rings. The van der Waals surface area contributed by atoms with Crippen molar-refractivity contribution in [3.63, 3.8) is 0 Å². The molecule has 0 atom stereocenters. The first kappa shape index (κ1) is 21.1.